The van der Waals surface area contributed by atoms with Crippen molar-refractivity contribution < 1.29 is 18.7 Å². The van der Waals surface area contributed by atoms with Gasteiger partial charge >= 0.3 is 6.09 Å². The summed E-state index contributed by atoms with van der Waals surface area (Å²) < 4.78 is 17.9. The summed E-state index contributed by atoms with van der Waals surface area (Å²) in [5, 5.41) is 14.4. The molecule has 1 amide bonds. The summed E-state index contributed by atoms with van der Waals surface area (Å²) >= 11 is 0. The number of nitrogens with one attached hydrogen (secondary N) is 1. The molecule has 0 unspecified atom stereocenters. The third kappa shape index (κ3) is 6.26. The Morgan fingerprint density at radius 3 is 2.17 bits per heavy atom. The molecule has 0 aromatic heterocycles. The van der Waals surface area contributed by atoms with Gasteiger partial charge in [-0.1, -0.05) is 12.1 Å². The van der Waals surface area contributed by atoms with E-state index in [-0.39, 0.29) is 5.69 Å². The van der Waals surface area contributed by atoms with Crippen LogP contribution >= 0.6 is 0 Å². The summed E-state index contributed by atoms with van der Waals surface area (Å²) in [6.45, 7) is 10.9. The summed E-state index contributed by atoms with van der Waals surface area (Å²) in [5.41, 5.74) is -0.113. The topological polar surface area (TPSA) is 98.5 Å². The molecule has 0 heterocycles. The van der Waals surface area contributed by atoms with Crippen LogP contribution in [0.5, 0.6) is 0 Å². The number of hydrogen-bond acceptors (Lipinski definition) is 5. The number of alkyl carbamates (subject to hydrolysis) is 1. The monoisotopic (exact) mass is 419 g/mol. The molecule has 7 nitrogen and oxygen atoms in total. The molecule has 2 atom stereocenters. The number of rotatable bonds is 5. The van der Waals surface area contributed by atoms with Crippen molar-refractivity contribution in [1.29, 1.82) is 0 Å². The zero-order valence-electron chi connectivity index (χ0n) is 17.5. The Morgan fingerprint density at radius 2 is 1.69 bits per heavy atom. The summed E-state index contributed by atoms with van der Waals surface area (Å²) in [5.74, 6) is 0.665. The first-order chi connectivity index (χ1) is 13.3. The molecule has 0 spiro atoms. The van der Waals surface area contributed by atoms with Crippen LogP contribution in [0.4, 0.5) is 10.5 Å². The van der Waals surface area contributed by atoms with Crippen molar-refractivity contribution in [2.75, 3.05) is 0 Å². The number of non-ortho nitro benzene ring substituents is 1. The van der Waals surface area contributed by atoms with E-state index in [1.54, 1.807) is 52.2 Å². The highest BCUT2D eigenvalue weighted by Crippen LogP contribution is 2.46. The van der Waals surface area contributed by atoms with Gasteiger partial charge in [-0.15, -0.1) is 0 Å². The molecule has 0 bridgehead atoms. The van der Waals surface area contributed by atoms with Gasteiger partial charge in [0.1, 0.15) is 5.60 Å². The maximum atomic E-state index is 13.0. The SMILES string of the molecule is CC(C)(C)OC(=O)N[C@H]([C]1[CH][CH][CH][C]1[S@@](=O)C(C)(C)C)c1ccc([N+](=O)[O-])cc1. The number of nitro groups is 1. The first-order valence-corrected chi connectivity index (χ1v) is 10.4. The van der Waals surface area contributed by atoms with Crippen LogP contribution in [-0.4, -0.2) is 25.6 Å². The number of carbonyl (C=O) groups excluding carboxylic acids is 1. The molecule has 1 aliphatic rings. The molecule has 1 N–H and O–H groups in total. The van der Waals surface area contributed by atoms with Crippen LogP contribution < -0.4 is 5.32 Å². The summed E-state index contributed by atoms with van der Waals surface area (Å²) in [6.07, 6.45) is 4.71. The van der Waals surface area contributed by atoms with E-state index in [0.29, 0.717) is 16.7 Å². The highest BCUT2D eigenvalue weighted by molar-refractivity contribution is 7.89. The van der Waals surface area contributed by atoms with Gasteiger partial charge in [0.15, 0.2) is 0 Å². The van der Waals surface area contributed by atoms with Crippen LogP contribution in [-0.2, 0) is 15.5 Å². The quantitative estimate of drug-likeness (QED) is 0.562. The molecule has 1 aromatic carbocycles. The lowest BCUT2D eigenvalue weighted by Gasteiger charge is -2.32. The van der Waals surface area contributed by atoms with E-state index in [4.69, 9.17) is 4.74 Å². The molecule has 1 fully saturated rings. The van der Waals surface area contributed by atoms with E-state index in [0.717, 1.165) is 0 Å². The summed E-state index contributed by atoms with van der Waals surface area (Å²) in [6, 6.07) is 5.25. The Labute approximate surface area is 175 Å². The largest absolute Gasteiger partial charge is 0.444 e. The van der Waals surface area contributed by atoms with Crippen molar-refractivity contribution in [3.63, 3.8) is 0 Å². The van der Waals surface area contributed by atoms with Crippen molar-refractivity contribution in [2.24, 2.45) is 0 Å². The minimum atomic E-state index is -1.32. The first kappa shape index (κ1) is 23.3. The Kier molecular flexibility index (Phi) is 7.09. The van der Waals surface area contributed by atoms with E-state index >= 15 is 0 Å². The van der Waals surface area contributed by atoms with E-state index in [1.165, 1.54) is 12.1 Å². The number of nitrogens with zero attached hydrogens (tertiary/aromatic N) is 1. The first-order valence-electron chi connectivity index (χ1n) is 9.21. The summed E-state index contributed by atoms with van der Waals surface area (Å²) in [7, 11) is -1.32. The van der Waals surface area contributed by atoms with Gasteiger partial charge in [0.2, 0.25) is 0 Å². The molecule has 8 heteroatoms. The molecule has 1 saturated carbocycles. The third-order valence-corrected chi connectivity index (χ3v) is 5.86. The fraction of sp³-hybridized carbons (Fsp3) is 0.429. The third-order valence-electron chi connectivity index (χ3n) is 3.97. The molecule has 157 valence electrons. The van der Waals surface area contributed by atoms with E-state index in [2.05, 4.69) is 5.32 Å². The van der Waals surface area contributed by atoms with Crippen molar-refractivity contribution in [1.82, 2.24) is 5.32 Å². The Bertz CT molecular complexity index is 765. The van der Waals surface area contributed by atoms with Crippen LogP contribution in [0.2, 0.25) is 0 Å². The smallest absolute Gasteiger partial charge is 0.408 e. The normalized spacial score (nSPS) is 18.3. The van der Waals surface area contributed by atoms with Crippen molar-refractivity contribution in [3.05, 3.63) is 70.4 Å². The fourth-order valence-electron chi connectivity index (χ4n) is 2.71. The molecule has 0 aliphatic heterocycles. The number of nitro benzene ring substituents is 1. The lowest BCUT2D eigenvalue weighted by atomic mass is 9.91. The van der Waals surface area contributed by atoms with Gasteiger partial charge in [-0.3, -0.25) is 14.3 Å². The maximum absolute atomic E-state index is 13.0. The molecular formula is C21H27N2O5S. The Hall–Kier alpha value is -1.96. The number of benzene rings is 1. The minimum absolute atomic E-state index is 0.0502. The van der Waals surface area contributed by atoms with Crippen LogP contribution in [0.1, 0.15) is 53.1 Å². The van der Waals surface area contributed by atoms with Gasteiger partial charge in [-0.05, 0) is 66.4 Å². The maximum Gasteiger partial charge on any atom is 0.408 e. The zero-order chi connectivity index (χ0) is 22.0. The van der Waals surface area contributed by atoms with Crippen molar-refractivity contribution in [2.45, 2.75) is 57.9 Å². The minimum Gasteiger partial charge on any atom is -0.444 e. The van der Waals surface area contributed by atoms with Crippen LogP contribution in [0.15, 0.2) is 24.3 Å². The average Bonchev–Trinajstić information content (AvgIpc) is 3.05. The predicted molar refractivity (Wildman–Crippen MR) is 112 cm³/mol. The van der Waals surface area contributed by atoms with Gasteiger partial charge in [0.05, 0.1) is 16.2 Å². The van der Waals surface area contributed by atoms with Gasteiger partial charge in [0, 0.05) is 33.6 Å². The highest BCUT2D eigenvalue weighted by Gasteiger charge is 2.44. The van der Waals surface area contributed by atoms with Gasteiger partial charge < -0.3 is 10.1 Å². The van der Waals surface area contributed by atoms with Gasteiger partial charge in [0.25, 0.3) is 5.69 Å². The Balaban J connectivity index is 2.36. The fourth-order valence-corrected chi connectivity index (χ4v) is 3.97. The standard InChI is InChI=1S/C21H27N2O5S/c1-20(2,3)28-19(24)22-18(14-10-12-15(13-11-14)23(25)26)16-8-7-9-17(16)29(27)21(4,5)6/h7-13,18H,1-6H3,(H,22,24)/t18-,29+/m0/s1. The molecular weight excluding hydrogens is 392 g/mol. The molecule has 1 aliphatic carbocycles. The van der Waals surface area contributed by atoms with Crippen LogP contribution in [0.3, 0.4) is 0 Å². The highest BCUT2D eigenvalue weighted by atomic mass is 32.2. The van der Waals surface area contributed by atoms with E-state index in [1.807, 2.05) is 20.8 Å². The average molecular weight is 420 g/mol. The van der Waals surface area contributed by atoms with Crippen LogP contribution in [0.25, 0.3) is 0 Å². The number of hydrogen-bond donors (Lipinski definition) is 1. The van der Waals surface area contributed by atoms with Gasteiger partial charge in [-0.25, -0.2) is 4.79 Å². The second-order valence-corrected chi connectivity index (χ2v) is 10.9. The second kappa shape index (κ2) is 8.81. The van der Waals surface area contributed by atoms with E-state index in [9.17, 15) is 19.1 Å². The predicted octanol–water partition coefficient (Wildman–Crippen LogP) is 4.44. The second-order valence-electron chi connectivity index (χ2n) is 8.65. The lowest BCUT2D eigenvalue weighted by molar-refractivity contribution is -0.384. The number of ether oxygens (including phenoxy) is 1. The van der Waals surface area contributed by atoms with E-state index < -0.39 is 38.2 Å². The molecule has 29 heavy (non-hydrogen) atoms. The zero-order valence-corrected chi connectivity index (χ0v) is 18.3. The van der Waals surface area contributed by atoms with Gasteiger partial charge in [-0.2, -0.15) is 0 Å². The van der Waals surface area contributed by atoms with Crippen molar-refractivity contribution in [3.8, 4) is 0 Å². The Morgan fingerprint density at radius 1 is 1.10 bits per heavy atom. The lowest BCUT2D eigenvalue weighted by Crippen LogP contribution is -2.39. The van der Waals surface area contributed by atoms with Crippen LogP contribution in [0, 0.1) is 40.5 Å². The molecule has 2 rings (SSSR count). The number of amides is 1. The summed E-state index contributed by atoms with van der Waals surface area (Å²) in [4.78, 5) is 23.0. The molecule has 5 radical (unpaired) electrons. The molecule has 0 saturated heterocycles. The molecule has 1 aromatic rings. The number of carbonyl (C=O) groups is 1. The van der Waals surface area contributed by atoms with Crippen molar-refractivity contribution >= 4 is 22.6 Å².